The van der Waals surface area contributed by atoms with Crippen molar-refractivity contribution >= 4 is 21.7 Å². The van der Waals surface area contributed by atoms with Crippen LogP contribution in [0.25, 0.3) is 0 Å². The zero-order valence-electron chi connectivity index (χ0n) is 13.6. The number of halogens is 1. The first-order valence-corrected chi connectivity index (χ1v) is 8.98. The van der Waals surface area contributed by atoms with Crippen molar-refractivity contribution in [3.05, 3.63) is 29.6 Å². The molecule has 1 aromatic carbocycles. The lowest BCUT2D eigenvalue weighted by Gasteiger charge is -2.18. The lowest BCUT2D eigenvalue weighted by Crippen LogP contribution is -2.26. The van der Waals surface area contributed by atoms with Gasteiger partial charge in [0.05, 0.1) is 18.6 Å². The summed E-state index contributed by atoms with van der Waals surface area (Å²) in [5.41, 5.74) is 1.00. The Morgan fingerprint density at radius 3 is 2.65 bits per heavy atom. The highest BCUT2D eigenvalue weighted by molar-refractivity contribution is 7.89. The van der Waals surface area contributed by atoms with E-state index >= 15 is 0 Å². The summed E-state index contributed by atoms with van der Waals surface area (Å²) in [4.78, 5) is 12.7. The zero-order valence-corrected chi connectivity index (χ0v) is 14.5. The number of nitrogens with zero attached hydrogens (tertiary/aromatic N) is 1. The van der Waals surface area contributed by atoms with Crippen LogP contribution in [0.5, 0.6) is 0 Å². The first kappa shape index (κ1) is 19.4. The highest BCUT2D eigenvalue weighted by Gasteiger charge is 2.13. The number of benzene rings is 1. The van der Waals surface area contributed by atoms with Crippen LogP contribution in [0, 0.1) is 5.82 Å². The number of rotatable bonds is 9. The van der Waals surface area contributed by atoms with Crippen molar-refractivity contribution in [1.82, 2.24) is 4.72 Å². The molecule has 8 heteroatoms. The first-order chi connectivity index (χ1) is 10.8. The van der Waals surface area contributed by atoms with Crippen molar-refractivity contribution in [1.29, 1.82) is 0 Å². The fourth-order valence-electron chi connectivity index (χ4n) is 1.91. The number of esters is 1. The summed E-state index contributed by atoms with van der Waals surface area (Å²) in [5.74, 6) is -1.02. The number of hydrogen-bond acceptors (Lipinski definition) is 5. The van der Waals surface area contributed by atoms with Gasteiger partial charge in [0.1, 0.15) is 5.82 Å². The second kappa shape index (κ2) is 8.83. The van der Waals surface area contributed by atoms with Gasteiger partial charge in [-0.25, -0.2) is 17.5 Å². The Morgan fingerprint density at radius 2 is 2.09 bits per heavy atom. The molecular formula is C15H23FN2O4S. The maximum atomic E-state index is 14.0. The van der Waals surface area contributed by atoms with Gasteiger partial charge >= 0.3 is 5.97 Å². The summed E-state index contributed by atoms with van der Waals surface area (Å²) >= 11 is 0. The molecule has 0 aliphatic heterocycles. The van der Waals surface area contributed by atoms with Crippen LogP contribution >= 0.6 is 0 Å². The van der Waals surface area contributed by atoms with Gasteiger partial charge in [-0.2, -0.15) is 0 Å². The maximum Gasteiger partial charge on any atom is 0.305 e. The van der Waals surface area contributed by atoms with Crippen LogP contribution in [0.15, 0.2) is 18.2 Å². The van der Waals surface area contributed by atoms with Crippen LogP contribution in [0.1, 0.15) is 25.3 Å². The molecule has 0 unspecified atom stereocenters. The second-order valence-electron chi connectivity index (χ2n) is 5.12. The van der Waals surface area contributed by atoms with E-state index in [-0.39, 0.29) is 25.1 Å². The van der Waals surface area contributed by atoms with Gasteiger partial charge in [-0.05, 0) is 31.0 Å². The largest absolute Gasteiger partial charge is 0.469 e. The molecule has 0 aromatic heterocycles. The van der Waals surface area contributed by atoms with Crippen LogP contribution in [0.4, 0.5) is 10.1 Å². The molecule has 0 spiro atoms. The Labute approximate surface area is 136 Å². The fourth-order valence-corrected chi connectivity index (χ4v) is 2.97. The topological polar surface area (TPSA) is 75.7 Å². The number of nitrogens with one attached hydrogen (secondary N) is 1. The summed E-state index contributed by atoms with van der Waals surface area (Å²) < 4.78 is 44.4. The second-order valence-corrected chi connectivity index (χ2v) is 7.05. The van der Waals surface area contributed by atoms with Crippen LogP contribution in [-0.4, -0.2) is 40.8 Å². The smallest absolute Gasteiger partial charge is 0.305 e. The van der Waals surface area contributed by atoms with Gasteiger partial charge in [0.15, 0.2) is 0 Å². The third-order valence-electron chi connectivity index (χ3n) is 3.42. The van der Waals surface area contributed by atoms with Crippen molar-refractivity contribution in [3.63, 3.8) is 0 Å². The molecule has 1 rings (SSSR count). The molecule has 0 bridgehead atoms. The quantitative estimate of drug-likeness (QED) is 0.688. The van der Waals surface area contributed by atoms with Gasteiger partial charge in [0.2, 0.25) is 10.0 Å². The number of methoxy groups -OCH3 is 1. The summed E-state index contributed by atoms with van der Waals surface area (Å²) in [7, 11) is -0.485. The van der Waals surface area contributed by atoms with Gasteiger partial charge in [-0.1, -0.05) is 6.07 Å². The summed E-state index contributed by atoms with van der Waals surface area (Å²) in [6.45, 7) is 2.59. The third-order valence-corrected chi connectivity index (χ3v) is 4.83. The Kier molecular flexibility index (Phi) is 7.44. The van der Waals surface area contributed by atoms with Gasteiger partial charge in [-0.15, -0.1) is 0 Å². The van der Waals surface area contributed by atoms with Crippen molar-refractivity contribution in [3.8, 4) is 0 Å². The minimum Gasteiger partial charge on any atom is -0.469 e. The standard InChI is InChI=1S/C15H23FN2O4S/c1-4-18(2)14-8-7-12(10-13(14)16)11-17-23(20,21)9-5-6-15(19)22-3/h7-8,10,17H,4-6,9,11H2,1-3H3. The van der Waals surface area contributed by atoms with Crippen LogP contribution < -0.4 is 9.62 Å². The molecule has 0 aliphatic carbocycles. The monoisotopic (exact) mass is 346 g/mol. The van der Waals surface area contributed by atoms with Crippen molar-refractivity contribution in [2.24, 2.45) is 0 Å². The molecular weight excluding hydrogens is 323 g/mol. The van der Waals surface area contributed by atoms with E-state index in [1.807, 2.05) is 6.92 Å². The van der Waals surface area contributed by atoms with E-state index < -0.39 is 21.8 Å². The predicted molar refractivity (Wildman–Crippen MR) is 87.2 cm³/mol. The van der Waals surface area contributed by atoms with E-state index in [1.54, 1.807) is 24.1 Å². The zero-order chi connectivity index (χ0) is 17.5. The van der Waals surface area contributed by atoms with E-state index in [0.29, 0.717) is 17.8 Å². The highest BCUT2D eigenvalue weighted by Crippen LogP contribution is 2.19. The molecule has 0 saturated heterocycles. The SMILES string of the molecule is CCN(C)c1ccc(CNS(=O)(=O)CCCC(=O)OC)cc1F. The molecule has 0 saturated carbocycles. The van der Waals surface area contributed by atoms with Gasteiger partial charge < -0.3 is 9.64 Å². The average molecular weight is 346 g/mol. The predicted octanol–water partition coefficient (Wildman–Crippen LogP) is 1.65. The molecule has 0 amide bonds. The molecule has 0 aliphatic rings. The summed E-state index contributed by atoms with van der Waals surface area (Å²) in [6.07, 6.45) is 0.223. The number of ether oxygens (including phenoxy) is 1. The molecule has 0 radical (unpaired) electrons. The summed E-state index contributed by atoms with van der Waals surface area (Å²) in [5, 5.41) is 0. The summed E-state index contributed by atoms with van der Waals surface area (Å²) in [6, 6.07) is 4.62. The molecule has 1 N–H and O–H groups in total. The van der Waals surface area contributed by atoms with Crippen molar-refractivity contribution < 1.29 is 22.3 Å². The van der Waals surface area contributed by atoms with E-state index in [1.165, 1.54) is 13.2 Å². The van der Waals surface area contributed by atoms with E-state index in [9.17, 15) is 17.6 Å². The van der Waals surface area contributed by atoms with Gasteiger partial charge in [0, 0.05) is 26.6 Å². The first-order valence-electron chi connectivity index (χ1n) is 7.32. The van der Waals surface area contributed by atoms with Crippen LogP contribution in [0.3, 0.4) is 0 Å². The van der Waals surface area contributed by atoms with E-state index in [0.717, 1.165) is 0 Å². The maximum absolute atomic E-state index is 14.0. The normalized spacial score (nSPS) is 11.3. The van der Waals surface area contributed by atoms with E-state index in [2.05, 4.69) is 9.46 Å². The highest BCUT2D eigenvalue weighted by atomic mass is 32.2. The molecule has 0 fully saturated rings. The Balaban J connectivity index is 2.57. The Bertz CT molecular complexity index is 634. The molecule has 130 valence electrons. The average Bonchev–Trinajstić information content (AvgIpc) is 2.52. The number of carbonyl (C=O) groups is 1. The minimum atomic E-state index is -3.52. The van der Waals surface area contributed by atoms with Gasteiger partial charge in [0.25, 0.3) is 0 Å². The van der Waals surface area contributed by atoms with Gasteiger partial charge in [-0.3, -0.25) is 4.79 Å². The van der Waals surface area contributed by atoms with Crippen LogP contribution in [0.2, 0.25) is 0 Å². The van der Waals surface area contributed by atoms with Crippen LogP contribution in [-0.2, 0) is 26.1 Å². The lowest BCUT2D eigenvalue weighted by atomic mass is 10.2. The number of anilines is 1. The Morgan fingerprint density at radius 1 is 1.39 bits per heavy atom. The minimum absolute atomic E-state index is 0.00754. The molecule has 0 atom stereocenters. The number of carbonyl (C=O) groups excluding carboxylic acids is 1. The molecule has 6 nitrogen and oxygen atoms in total. The van der Waals surface area contributed by atoms with Crippen molar-refractivity contribution in [2.75, 3.05) is 31.4 Å². The van der Waals surface area contributed by atoms with Crippen molar-refractivity contribution in [2.45, 2.75) is 26.3 Å². The lowest BCUT2D eigenvalue weighted by molar-refractivity contribution is -0.140. The Hall–Kier alpha value is -1.67. The molecule has 1 aromatic rings. The number of hydrogen-bond donors (Lipinski definition) is 1. The molecule has 0 heterocycles. The number of sulfonamides is 1. The van der Waals surface area contributed by atoms with E-state index in [4.69, 9.17) is 0 Å². The third kappa shape index (κ3) is 6.54. The molecule has 23 heavy (non-hydrogen) atoms. The fraction of sp³-hybridized carbons (Fsp3) is 0.533.